The summed E-state index contributed by atoms with van der Waals surface area (Å²) in [6.45, 7) is 6.19. The van der Waals surface area contributed by atoms with E-state index in [1.165, 1.54) is 17.5 Å². The van der Waals surface area contributed by atoms with Gasteiger partial charge in [-0.3, -0.25) is 9.88 Å². The van der Waals surface area contributed by atoms with E-state index < -0.39 is 0 Å². The number of likely N-dealkylation sites (tertiary alicyclic amines) is 1. The molecule has 0 amide bonds. The molecule has 5 heteroatoms. The molecular formula is C22H29N5. The van der Waals surface area contributed by atoms with Crippen molar-refractivity contribution in [2.45, 2.75) is 38.9 Å². The molecule has 3 aromatic rings. The van der Waals surface area contributed by atoms with Crippen molar-refractivity contribution in [2.75, 3.05) is 20.1 Å². The maximum absolute atomic E-state index is 4.87. The normalized spacial score (nSPS) is 20.5. The molecule has 2 aromatic heterocycles. The Hall–Kier alpha value is -2.24. The minimum Gasteiger partial charge on any atom is -0.327 e. The smallest absolute Gasteiger partial charge is 0.123 e. The van der Waals surface area contributed by atoms with Crippen LogP contribution in [0.3, 0.4) is 0 Å². The third-order valence-corrected chi connectivity index (χ3v) is 5.67. The standard InChI is InChI=1S/C22H29N5/c1-3-12-27-20-9-5-4-8-19(20)25-21(27)16-24-15-18-10-13-26(2)22(18)17-7-6-11-23-14-17/h4-9,11,14,18,22,24H,3,10,12-13,15-16H2,1-2H3/t18-,22-/m0/s1. The monoisotopic (exact) mass is 363 g/mol. The molecule has 2 atom stereocenters. The van der Waals surface area contributed by atoms with Gasteiger partial charge in [-0.1, -0.05) is 25.1 Å². The summed E-state index contributed by atoms with van der Waals surface area (Å²) < 4.78 is 2.36. The van der Waals surface area contributed by atoms with Gasteiger partial charge in [0.15, 0.2) is 0 Å². The van der Waals surface area contributed by atoms with E-state index in [1.807, 2.05) is 18.5 Å². The number of benzene rings is 1. The van der Waals surface area contributed by atoms with E-state index in [0.29, 0.717) is 12.0 Å². The second-order valence-corrected chi connectivity index (χ2v) is 7.56. The molecule has 0 aliphatic carbocycles. The molecule has 1 N–H and O–H groups in total. The quantitative estimate of drug-likeness (QED) is 0.696. The lowest BCUT2D eigenvalue weighted by atomic mass is 9.95. The van der Waals surface area contributed by atoms with Gasteiger partial charge in [0.2, 0.25) is 0 Å². The molecule has 142 valence electrons. The van der Waals surface area contributed by atoms with Gasteiger partial charge in [-0.15, -0.1) is 0 Å². The second kappa shape index (κ2) is 8.19. The number of nitrogens with zero attached hydrogens (tertiary/aromatic N) is 4. The van der Waals surface area contributed by atoms with Gasteiger partial charge < -0.3 is 9.88 Å². The highest BCUT2D eigenvalue weighted by Crippen LogP contribution is 2.35. The highest BCUT2D eigenvalue weighted by molar-refractivity contribution is 5.75. The molecule has 3 heterocycles. The average Bonchev–Trinajstić information content (AvgIpc) is 3.24. The third kappa shape index (κ3) is 3.75. The third-order valence-electron chi connectivity index (χ3n) is 5.67. The molecule has 0 spiro atoms. The molecule has 1 saturated heterocycles. The van der Waals surface area contributed by atoms with Crippen molar-refractivity contribution in [3.63, 3.8) is 0 Å². The number of hydrogen-bond acceptors (Lipinski definition) is 4. The predicted molar refractivity (Wildman–Crippen MR) is 109 cm³/mol. The predicted octanol–water partition coefficient (Wildman–Crippen LogP) is 3.62. The summed E-state index contributed by atoms with van der Waals surface area (Å²) in [5.41, 5.74) is 3.66. The summed E-state index contributed by atoms with van der Waals surface area (Å²) in [6, 6.07) is 13.1. The van der Waals surface area contributed by atoms with E-state index in [1.54, 1.807) is 0 Å². The number of para-hydroxylation sites is 2. The van der Waals surface area contributed by atoms with Crippen LogP contribution in [0.5, 0.6) is 0 Å². The van der Waals surface area contributed by atoms with E-state index in [-0.39, 0.29) is 0 Å². The summed E-state index contributed by atoms with van der Waals surface area (Å²) >= 11 is 0. The average molecular weight is 364 g/mol. The van der Waals surface area contributed by atoms with E-state index >= 15 is 0 Å². The number of aromatic nitrogens is 3. The maximum Gasteiger partial charge on any atom is 0.123 e. The largest absolute Gasteiger partial charge is 0.327 e. The van der Waals surface area contributed by atoms with Crippen molar-refractivity contribution < 1.29 is 0 Å². The van der Waals surface area contributed by atoms with Crippen LogP contribution in [0.4, 0.5) is 0 Å². The molecule has 5 nitrogen and oxygen atoms in total. The molecule has 27 heavy (non-hydrogen) atoms. The van der Waals surface area contributed by atoms with Crippen molar-refractivity contribution >= 4 is 11.0 Å². The van der Waals surface area contributed by atoms with Crippen LogP contribution in [0, 0.1) is 5.92 Å². The fourth-order valence-corrected chi connectivity index (χ4v) is 4.42. The highest BCUT2D eigenvalue weighted by atomic mass is 15.2. The number of hydrogen-bond donors (Lipinski definition) is 1. The lowest BCUT2D eigenvalue weighted by Gasteiger charge is -2.25. The van der Waals surface area contributed by atoms with Gasteiger partial charge in [-0.2, -0.15) is 0 Å². The summed E-state index contributed by atoms with van der Waals surface area (Å²) in [4.78, 5) is 11.6. The van der Waals surface area contributed by atoms with Crippen molar-refractivity contribution in [1.29, 1.82) is 0 Å². The first-order valence-electron chi connectivity index (χ1n) is 10.0. The van der Waals surface area contributed by atoms with Gasteiger partial charge in [-0.05, 0) is 56.1 Å². The van der Waals surface area contributed by atoms with Crippen molar-refractivity contribution in [3.8, 4) is 0 Å². The van der Waals surface area contributed by atoms with Crippen LogP contribution < -0.4 is 5.32 Å². The first-order chi connectivity index (χ1) is 13.3. The van der Waals surface area contributed by atoms with E-state index in [9.17, 15) is 0 Å². The zero-order valence-corrected chi connectivity index (χ0v) is 16.3. The van der Waals surface area contributed by atoms with Gasteiger partial charge in [0, 0.05) is 31.5 Å². The number of rotatable bonds is 7. The fraction of sp³-hybridized carbons (Fsp3) is 0.455. The summed E-state index contributed by atoms with van der Waals surface area (Å²) in [5.74, 6) is 1.74. The Bertz CT molecular complexity index is 873. The molecule has 0 radical (unpaired) electrons. The number of aryl methyl sites for hydroxylation is 1. The summed E-state index contributed by atoms with van der Waals surface area (Å²) in [6.07, 6.45) is 6.20. The fourth-order valence-electron chi connectivity index (χ4n) is 4.42. The Morgan fingerprint density at radius 3 is 2.89 bits per heavy atom. The number of imidazole rings is 1. The Morgan fingerprint density at radius 1 is 1.19 bits per heavy atom. The zero-order valence-electron chi connectivity index (χ0n) is 16.3. The van der Waals surface area contributed by atoms with Gasteiger partial charge in [0.05, 0.1) is 17.6 Å². The molecule has 1 aromatic carbocycles. The highest BCUT2D eigenvalue weighted by Gasteiger charge is 2.32. The van der Waals surface area contributed by atoms with Crippen LogP contribution in [-0.2, 0) is 13.1 Å². The molecule has 1 fully saturated rings. The summed E-state index contributed by atoms with van der Waals surface area (Å²) in [7, 11) is 2.22. The van der Waals surface area contributed by atoms with Crippen LogP contribution >= 0.6 is 0 Å². The van der Waals surface area contributed by atoms with Crippen molar-refractivity contribution in [3.05, 3.63) is 60.2 Å². The van der Waals surface area contributed by atoms with E-state index in [4.69, 9.17) is 4.98 Å². The molecule has 0 saturated carbocycles. The molecule has 0 unspecified atom stereocenters. The molecule has 4 rings (SSSR count). The van der Waals surface area contributed by atoms with E-state index in [0.717, 1.165) is 43.9 Å². The minimum atomic E-state index is 0.445. The van der Waals surface area contributed by atoms with Crippen LogP contribution in [0.1, 0.15) is 37.2 Å². The van der Waals surface area contributed by atoms with Crippen molar-refractivity contribution in [2.24, 2.45) is 5.92 Å². The number of nitrogens with one attached hydrogen (secondary N) is 1. The second-order valence-electron chi connectivity index (χ2n) is 7.56. The van der Waals surface area contributed by atoms with Crippen LogP contribution in [0.25, 0.3) is 11.0 Å². The van der Waals surface area contributed by atoms with Gasteiger partial charge in [0.25, 0.3) is 0 Å². The maximum atomic E-state index is 4.87. The first-order valence-corrected chi connectivity index (χ1v) is 10.0. The van der Waals surface area contributed by atoms with Gasteiger partial charge in [-0.25, -0.2) is 4.98 Å². The minimum absolute atomic E-state index is 0.445. The number of pyridine rings is 1. The lowest BCUT2D eigenvalue weighted by molar-refractivity contribution is 0.271. The molecule has 1 aliphatic rings. The SMILES string of the molecule is CCCn1c(CNC[C@@H]2CCN(C)[C@H]2c2cccnc2)nc2ccccc21. The zero-order chi connectivity index (χ0) is 18.6. The molecule has 0 bridgehead atoms. The Balaban J connectivity index is 1.45. The topological polar surface area (TPSA) is 46.0 Å². The number of fused-ring (bicyclic) bond motifs is 1. The Labute approximate surface area is 161 Å². The van der Waals surface area contributed by atoms with Gasteiger partial charge in [0.1, 0.15) is 5.82 Å². The summed E-state index contributed by atoms with van der Waals surface area (Å²) in [5, 5.41) is 3.69. The molecule has 1 aliphatic heterocycles. The molecular weight excluding hydrogens is 334 g/mol. The van der Waals surface area contributed by atoms with Crippen LogP contribution in [0.2, 0.25) is 0 Å². The first kappa shape index (κ1) is 18.1. The van der Waals surface area contributed by atoms with Gasteiger partial charge >= 0.3 is 0 Å². The van der Waals surface area contributed by atoms with Crippen LogP contribution in [0.15, 0.2) is 48.8 Å². The van der Waals surface area contributed by atoms with E-state index in [2.05, 4.69) is 64.1 Å². The lowest BCUT2D eigenvalue weighted by Crippen LogP contribution is -2.29. The Morgan fingerprint density at radius 2 is 2.07 bits per heavy atom. The van der Waals surface area contributed by atoms with Crippen LogP contribution in [-0.4, -0.2) is 39.6 Å². The van der Waals surface area contributed by atoms with Crippen molar-refractivity contribution in [1.82, 2.24) is 24.8 Å². The Kier molecular flexibility index (Phi) is 5.50.